The molecule has 5 heteroatoms. The molecule has 0 unspecified atom stereocenters. The Morgan fingerprint density at radius 2 is 1.95 bits per heavy atom. The molecule has 0 saturated heterocycles. The number of anilines is 1. The normalized spacial score (nSPS) is 9.67. The number of hydrogen-bond donors (Lipinski definition) is 2. The van der Waals surface area contributed by atoms with Crippen LogP contribution in [0.1, 0.15) is 27.3 Å². The molecule has 1 aromatic heterocycles. The maximum absolute atomic E-state index is 12.2. The zero-order valence-electron chi connectivity index (χ0n) is 12.0. The van der Waals surface area contributed by atoms with Crippen molar-refractivity contribution in [1.29, 1.82) is 0 Å². The number of nitrogens with two attached hydrogens (primary N) is 1. The van der Waals surface area contributed by atoms with Crippen LogP contribution in [0.3, 0.4) is 0 Å². The van der Waals surface area contributed by atoms with Gasteiger partial charge in [-0.1, -0.05) is 17.9 Å². The molecule has 0 aliphatic carbocycles. The number of carbonyl (C=O) groups excluding carboxylic acids is 1. The lowest BCUT2D eigenvalue weighted by Crippen LogP contribution is -2.15. The van der Waals surface area contributed by atoms with Crippen LogP contribution in [0.4, 0.5) is 5.95 Å². The lowest BCUT2D eigenvalue weighted by atomic mass is 10.1. The Labute approximate surface area is 123 Å². The number of carbonyl (C=O) groups is 1. The van der Waals surface area contributed by atoms with Gasteiger partial charge >= 0.3 is 0 Å². The summed E-state index contributed by atoms with van der Waals surface area (Å²) < 4.78 is 0. The number of benzene rings is 1. The molecule has 1 heterocycles. The zero-order chi connectivity index (χ0) is 15.2. The summed E-state index contributed by atoms with van der Waals surface area (Å²) in [6.07, 6.45) is 0. The Morgan fingerprint density at radius 1 is 1.24 bits per heavy atom. The molecule has 0 bridgehead atoms. The van der Waals surface area contributed by atoms with Crippen molar-refractivity contribution in [2.45, 2.75) is 13.8 Å². The van der Waals surface area contributed by atoms with E-state index in [1.54, 1.807) is 18.2 Å². The lowest BCUT2D eigenvalue weighted by Gasteiger charge is -2.06. The minimum Gasteiger partial charge on any atom is -0.320 e. The minimum atomic E-state index is -0.267. The molecule has 0 radical (unpaired) electrons. The summed E-state index contributed by atoms with van der Waals surface area (Å²) in [6.45, 7) is 3.99. The van der Waals surface area contributed by atoms with Crippen LogP contribution in [-0.4, -0.2) is 22.4 Å². The van der Waals surface area contributed by atoms with Gasteiger partial charge in [-0.05, 0) is 38.1 Å². The first-order valence-corrected chi connectivity index (χ1v) is 6.51. The maximum atomic E-state index is 12.2. The summed E-state index contributed by atoms with van der Waals surface area (Å²) in [7, 11) is 0. The fraction of sp³-hybridized carbons (Fsp3) is 0.188. The van der Waals surface area contributed by atoms with Gasteiger partial charge in [-0.25, -0.2) is 9.97 Å². The van der Waals surface area contributed by atoms with Gasteiger partial charge < -0.3 is 5.73 Å². The molecular formula is C16H16N4O. The monoisotopic (exact) mass is 280 g/mol. The number of nitrogens with one attached hydrogen (secondary N) is 1. The van der Waals surface area contributed by atoms with E-state index in [0.717, 1.165) is 17.0 Å². The largest absolute Gasteiger partial charge is 0.320 e. The van der Waals surface area contributed by atoms with Crippen molar-refractivity contribution in [1.82, 2.24) is 9.97 Å². The van der Waals surface area contributed by atoms with Gasteiger partial charge in [-0.2, -0.15) is 0 Å². The van der Waals surface area contributed by atoms with Crippen LogP contribution >= 0.6 is 0 Å². The summed E-state index contributed by atoms with van der Waals surface area (Å²) in [4.78, 5) is 20.6. The van der Waals surface area contributed by atoms with E-state index in [1.165, 1.54) is 0 Å². The van der Waals surface area contributed by atoms with Gasteiger partial charge in [0.05, 0.1) is 6.54 Å². The minimum absolute atomic E-state index is 0.267. The van der Waals surface area contributed by atoms with E-state index in [2.05, 4.69) is 27.1 Å². The van der Waals surface area contributed by atoms with Crippen LogP contribution in [0, 0.1) is 25.7 Å². The molecule has 21 heavy (non-hydrogen) atoms. The highest BCUT2D eigenvalue weighted by molar-refractivity contribution is 6.03. The van der Waals surface area contributed by atoms with Crippen molar-refractivity contribution < 1.29 is 4.79 Å². The quantitative estimate of drug-likeness (QED) is 0.820. The number of hydrogen-bond acceptors (Lipinski definition) is 4. The molecule has 0 spiro atoms. The molecule has 5 nitrogen and oxygen atoms in total. The first-order chi connectivity index (χ1) is 10.1. The number of aromatic nitrogens is 2. The third kappa shape index (κ3) is 4.13. The molecule has 3 N–H and O–H groups in total. The molecule has 2 aromatic rings. The summed E-state index contributed by atoms with van der Waals surface area (Å²) in [5, 5.41) is 2.69. The van der Waals surface area contributed by atoms with E-state index in [-0.39, 0.29) is 12.5 Å². The second-order valence-electron chi connectivity index (χ2n) is 4.52. The van der Waals surface area contributed by atoms with Gasteiger partial charge in [-0.15, -0.1) is 0 Å². The fourth-order valence-electron chi connectivity index (χ4n) is 1.85. The van der Waals surface area contributed by atoms with E-state index >= 15 is 0 Å². The SMILES string of the molecule is Cc1cc(C)nc(NC(=O)c2cccc(C#CCN)c2)n1. The second kappa shape index (κ2) is 6.64. The summed E-state index contributed by atoms with van der Waals surface area (Å²) in [6, 6.07) is 8.87. The third-order valence-electron chi connectivity index (χ3n) is 2.67. The third-order valence-corrected chi connectivity index (χ3v) is 2.67. The van der Waals surface area contributed by atoms with Crippen molar-refractivity contribution >= 4 is 11.9 Å². The van der Waals surface area contributed by atoms with Crippen LogP contribution in [0.15, 0.2) is 30.3 Å². The first-order valence-electron chi connectivity index (χ1n) is 6.51. The van der Waals surface area contributed by atoms with Gasteiger partial charge in [0, 0.05) is 22.5 Å². The van der Waals surface area contributed by atoms with Crippen molar-refractivity contribution in [3.8, 4) is 11.8 Å². The molecule has 0 aliphatic rings. The fourth-order valence-corrected chi connectivity index (χ4v) is 1.85. The standard InChI is InChI=1S/C16H16N4O/c1-11-9-12(2)19-16(18-11)20-15(21)14-7-3-5-13(10-14)6-4-8-17/h3,5,7,9-10H,8,17H2,1-2H3,(H,18,19,20,21). The van der Waals surface area contributed by atoms with E-state index in [4.69, 9.17) is 5.73 Å². The number of nitrogens with zero attached hydrogens (tertiary/aromatic N) is 2. The van der Waals surface area contributed by atoms with Crippen LogP contribution in [0.2, 0.25) is 0 Å². The molecule has 0 atom stereocenters. The van der Waals surface area contributed by atoms with Crippen molar-refractivity contribution in [3.05, 3.63) is 52.8 Å². The molecule has 0 aliphatic heterocycles. The Morgan fingerprint density at radius 3 is 2.62 bits per heavy atom. The van der Waals surface area contributed by atoms with Crippen LogP contribution in [0.5, 0.6) is 0 Å². The maximum Gasteiger partial charge on any atom is 0.258 e. The Bertz CT molecular complexity index is 708. The summed E-state index contributed by atoms with van der Waals surface area (Å²) in [5.74, 6) is 5.69. The predicted octanol–water partition coefficient (Wildman–Crippen LogP) is 1.66. The van der Waals surface area contributed by atoms with Crippen LogP contribution in [0.25, 0.3) is 0 Å². The van der Waals surface area contributed by atoms with Gasteiger partial charge in [-0.3, -0.25) is 10.1 Å². The number of amides is 1. The lowest BCUT2D eigenvalue weighted by molar-refractivity contribution is 0.102. The van der Waals surface area contributed by atoms with Crippen molar-refractivity contribution in [2.75, 3.05) is 11.9 Å². The molecule has 0 saturated carbocycles. The van der Waals surface area contributed by atoms with Crippen molar-refractivity contribution in [3.63, 3.8) is 0 Å². The van der Waals surface area contributed by atoms with Gasteiger partial charge in [0.15, 0.2) is 0 Å². The average molecular weight is 280 g/mol. The van der Waals surface area contributed by atoms with Crippen molar-refractivity contribution in [2.24, 2.45) is 5.73 Å². The molecule has 106 valence electrons. The topological polar surface area (TPSA) is 80.9 Å². The zero-order valence-corrected chi connectivity index (χ0v) is 12.0. The Hall–Kier alpha value is -2.71. The summed E-state index contributed by atoms with van der Waals surface area (Å²) >= 11 is 0. The average Bonchev–Trinajstić information content (AvgIpc) is 2.44. The molecular weight excluding hydrogens is 264 g/mol. The molecule has 0 fully saturated rings. The van der Waals surface area contributed by atoms with Crippen LogP contribution < -0.4 is 11.1 Å². The first kappa shape index (κ1) is 14.7. The molecule has 1 amide bonds. The van der Waals surface area contributed by atoms with E-state index in [9.17, 15) is 4.79 Å². The Balaban J connectivity index is 2.20. The molecule has 2 rings (SSSR count). The van der Waals surface area contributed by atoms with E-state index < -0.39 is 0 Å². The Kier molecular flexibility index (Phi) is 4.64. The highest BCUT2D eigenvalue weighted by Gasteiger charge is 2.08. The summed E-state index contributed by atoms with van der Waals surface area (Å²) in [5.41, 5.74) is 8.19. The highest BCUT2D eigenvalue weighted by atomic mass is 16.1. The van der Waals surface area contributed by atoms with E-state index in [0.29, 0.717) is 11.5 Å². The molecule has 1 aromatic carbocycles. The number of aryl methyl sites for hydroxylation is 2. The van der Waals surface area contributed by atoms with E-state index in [1.807, 2.05) is 26.0 Å². The van der Waals surface area contributed by atoms with Crippen LogP contribution in [-0.2, 0) is 0 Å². The second-order valence-corrected chi connectivity index (χ2v) is 4.52. The predicted molar refractivity (Wildman–Crippen MR) is 81.8 cm³/mol. The van der Waals surface area contributed by atoms with Gasteiger partial charge in [0.25, 0.3) is 5.91 Å². The van der Waals surface area contributed by atoms with Gasteiger partial charge in [0.2, 0.25) is 5.95 Å². The highest BCUT2D eigenvalue weighted by Crippen LogP contribution is 2.08. The number of rotatable bonds is 2. The van der Waals surface area contributed by atoms with Gasteiger partial charge in [0.1, 0.15) is 0 Å². The smallest absolute Gasteiger partial charge is 0.258 e.